The molecule has 200 valence electrons. The van der Waals surface area contributed by atoms with E-state index in [1.165, 1.54) is 44.9 Å². The Hall–Kier alpha value is -0.760. The summed E-state index contributed by atoms with van der Waals surface area (Å²) in [6.45, 7) is 34.6. The SMILES string of the molecule is C=C(C)N[C@@H]1CC=C(CNCCCCC)C[C@@H]1CCC.CC.CC(C)(C)C.CCC(C)(C)C. The van der Waals surface area contributed by atoms with Crippen LogP contribution in [0.1, 0.15) is 141 Å². The van der Waals surface area contributed by atoms with Crippen LogP contribution in [-0.4, -0.2) is 19.1 Å². The molecule has 2 atom stereocenters. The maximum Gasteiger partial charge on any atom is 0.0323 e. The largest absolute Gasteiger partial charge is 0.386 e. The lowest BCUT2D eigenvalue weighted by atomic mass is 9.81. The van der Waals surface area contributed by atoms with Crippen molar-refractivity contribution in [3.05, 3.63) is 23.9 Å². The van der Waals surface area contributed by atoms with Crippen LogP contribution in [0.2, 0.25) is 0 Å². The van der Waals surface area contributed by atoms with Crippen LogP contribution in [-0.2, 0) is 0 Å². The van der Waals surface area contributed by atoms with Gasteiger partial charge in [0.25, 0.3) is 0 Å². The van der Waals surface area contributed by atoms with Crippen molar-refractivity contribution in [1.82, 2.24) is 10.6 Å². The Morgan fingerprint density at radius 1 is 0.970 bits per heavy atom. The van der Waals surface area contributed by atoms with Crippen LogP contribution in [0.5, 0.6) is 0 Å². The van der Waals surface area contributed by atoms with Crippen LogP contribution < -0.4 is 10.6 Å². The van der Waals surface area contributed by atoms with Crippen molar-refractivity contribution < 1.29 is 0 Å². The lowest BCUT2D eigenvalue weighted by molar-refractivity contribution is 0.331. The zero-order valence-corrected chi connectivity index (χ0v) is 25.5. The molecular formula is C31H66N2. The van der Waals surface area contributed by atoms with Gasteiger partial charge in [-0.15, -0.1) is 0 Å². The van der Waals surface area contributed by atoms with Gasteiger partial charge < -0.3 is 10.6 Å². The number of hydrogen-bond donors (Lipinski definition) is 2. The summed E-state index contributed by atoms with van der Waals surface area (Å²) >= 11 is 0. The van der Waals surface area contributed by atoms with Crippen LogP contribution in [0.25, 0.3) is 0 Å². The molecule has 1 rings (SSSR count). The van der Waals surface area contributed by atoms with Crippen molar-refractivity contribution in [2.75, 3.05) is 13.1 Å². The molecule has 0 unspecified atom stereocenters. The second-order valence-corrected chi connectivity index (χ2v) is 12.2. The summed E-state index contributed by atoms with van der Waals surface area (Å²) in [6, 6.07) is 0.594. The monoisotopic (exact) mass is 467 g/mol. The van der Waals surface area contributed by atoms with Gasteiger partial charge in [-0.1, -0.05) is 127 Å². The van der Waals surface area contributed by atoms with Gasteiger partial charge in [-0.05, 0) is 55.9 Å². The molecule has 1 aliphatic carbocycles. The van der Waals surface area contributed by atoms with E-state index in [0.29, 0.717) is 16.9 Å². The molecule has 2 nitrogen and oxygen atoms in total. The quantitative estimate of drug-likeness (QED) is 0.247. The minimum atomic E-state index is 0.500. The van der Waals surface area contributed by atoms with E-state index in [9.17, 15) is 0 Å². The molecule has 0 saturated heterocycles. The van der Waals surface area contributed by atoms with Gasteiger partial charge in [0, 0.05) is 18.3 Å². The number of hydrogen-bond acceptors (Lipinski definition) is 2. The van der Waals surface area contributed by atoms with Gasteiger partial charge in [-0.25, -0.2) is 0 Å². The zero-order valence-electron chi connectivity index (χ0n) is 25.5. The summed E-state index contributed by atoms with van der Waals surface area (Å²) in [5, 5.41) is 7.16. The van der Waals surface area contributed by atoms with Gasteiger partial charge in [0.05, 0.1) is 0 Å². The Morgan fingerprint density at radius 3 is 1.88 bits per heavy atom. The Labute approximate surface area is 211 Å². The summed E-state index contributed by atoms with van der Waals surface area (Å²) in [7, 11) is 0. The predicted molar refractivity (Wildman–Crippen MR) is 156 cm³/mol. The number of unbranched alkanes of at least 4 members (excludes halogenated alkanes) is 2. The van der Waals surface area contributed by atoms with E-state index in [-0.39, 0.29) is 0 Å². The van der Waals surface area contributed by atoms with Crippen molar-refractivity contribution in [3.63, 3.8) is 0 Å². The van der Waals surface area contributed by atoms with E-state index in [4.69, 9.17) is 0 Å². The van der Waals surface area contributed by atoms with E-state index in [1.54, 1.807) is 5.57 Å². The molecule has 0 aromatic heterocycles. The van der Waals surface area contributed by atoms with E-state index in [1.807, 2.05) is 13.8 Å². The number of nitrogens with one attached hydrogen (secondary N) is 2. The molecular weight excluding hydrogens is 400 g/mol. The molecule has 0 heterocycles. The molecule has 33 heavy (non-hydrogen) atoms. The fraction of sp³-hybridized carbons (Fsp3) is 0.871. The van der Waals surface area contributed by atoms with Crippen molar-refractivity contribution in [1.29, 1.82) is 0 Å². The minimum Gasteiger partial charge on any atom is -0.386 e. The molecule has 2 heteroatoms. The Bertz CT molecular complexity index is 456. The molecule has 0 amide bonds. The molecule has 0 saturated carbocycles. The van der Waals surface area contributed by atoms with E-state index in [2.05, 4.69) is 99.4 Å². The average molecular weight is 467 g/mol. The third kappa shape index (κ3) is 31.2. The first-order valence-electron chi connectivity index (χ1n) is 14.0. The first kappa shape index (κ1) is 36.8. The van der Waals surface area contributed by atoms with Crippen molar-refractivity contribution >= 4 is 0 Å². The second-order valence-electron chi connectivity index (χ2n) is 12.2. The summed E-state index contributed by atoms with van der Waals surface area (Å²) < 4.78 is 0. The Morgan fingerprint density at radius 2 is 1.48 bits per heavy atom. The molecule has 1 aliphatic rings. The topological polar surface area (TPSA) is 24.1 Å². The van der Waals surface area contributed by atoms with E-state index < -0.39 is 0 Å². The summed E-state index contributed by atoms with van der Waals surface area (Å²) in [6.07, 6.45) is 12.7. The molecule has 0 aliphatic heterocycles. The smallest absolute Gasteiger partial charge is 0.0323 e. The normalized spacial score (nSPS) is 17.8. The number of rotatable bonds is 10. The standard InChI is InChI=1S/C18H34N2.C6H14.C5H12.C2H6/c1-5-7-8-12-19-14-16-10-11-18(20-15(3)4)17(13-16)9-6-2;1-5-6(2,3)4;1-5(2,3)4;1-2/h10,17-20H,3,5-9,11-14H2,1-2,4H3;5H2,1-4H3;1-4H3;1-2H3/t17-,18+;;;/m0.../s1. The van der Waals surface area contributed by atoms with Gasteiger partial charge in [-0.2, -0.15) is 0 Å². The van der Waals surface area contributed by atoms with Crippen molar-refractivity contribution in [2.45, 2.75) is 147 Å². The molecule has 0 spiro atoms. The zero-order chi connectivity index (χ0) is 26.5. The van der Waals surface area contributed by atoms with Gasteiger partial charge in [0.15, 0.2) is 0 Å². The highest BCUT2D eigenvalue weighted by atomic mass is 14.9. The molecule has 0 aromatic rings. The fourth-order valence-corrected chi connectivity index (χ4v) is 3.11. The minimum absolute atomic E-state index is 0.500. The van der Waals surface area contributed by atoms with Crippen LogP contribution in [0, 0.1) is 16.7 Å². The highest BCUT2D eigenvalue weighted by molar-refractivity contribution is 5.13. The van der Waals surface area contributed by atoms with Gasteiger partial charge in [-0.3, -0.25) is 0 Å². The van der Waals surface area contributed by atoms with Gasteiger partial charge >= 0.3 is 0 Å². The molecule has 0 bridgehead atoms. The van der Waals surface area contributed by atoms with Crippen LogP contribution >= 0.6 is 0 Å². The van der Waals surface area contributed by atoms with Crippen LogP contribution in [0.15, 0.2) is 23.9 Å². The van der Waals surface area contributed by atoms with E-state index in [0.717, 1.165) is 31.1 Å². The summed E-state index contributed by atoms with van der Waals surface area (Å²) in [4.78, 5) is 0. The first-order valence-corrected chi connectivity index (χ1v) is 14.0. The fourth-order valence-electron chi connectivity index (χ4n) is 3.11. The molecule has 0 fully saturated rings. The Kier molecular flexibility index (Phi) is 24.3. The molecule has 2 N–H and O–H groups in total. The summed E-state index contributed by atoms with van der Waals surface area (Å²) in [5.74, 6) is 0.772. The van der Waals surface area contributed by atoms with Crippen molar-refractivity contribution in [2.24, 2.45) is 16.7 Å². The lowest BCUT2D eigenvalue weighted by Gasteiger charge is -2.33. The average Bonchev–Trinajstić information content (AvgIpc) is 2.70. The molecule has 0 aromatic carbocycles. The first-order chi connectivity index (χ1) is 15.2. The Balaban J connectivity index is -0.000000570. The van der Waals surface area contributed by atoms with Crippen molar-refractivity contribution in [3.8, 4) is 0 Å². The lowest BCUT2D eigenvalue weighted by Crippen LogP contribution is -2.37. The highest BCUT2D eigenvalue weighted by Crippen LogP contribution is 2.28. The van der Waals surface area contributed by atoms with Crippen LogP contribution in [0.3, 0.4) is 0 Å². The third-order valence-electron chi connectivity index (χ3n) is 5.21. The maximum absolute atomic E-state index is 4.00. The summed E-state index contributed by atoms with van der Waals surface area (Å²) in [5.41, 5.74) is 3.75. The van der Waals surface area contributed by atoms with Gasteiger partial charge in [0.1, 0.15) is 0 Å². The van der Waals surface area contributed by atoms with Gasteiger partial charge in [0.2, 0.25) is 0 Å². The van der Waals surface area contributed by atoms with Crippen LogP contribution in [0.4, 0.5) is 0 Å². The highest BCUT2D eigenvalue weighted by Gasteiger charge is 2.24. The predicted octanol–water partition coefficient (Wildman–Crippen LogP) is 9.92. The second kappa shape index (κ2) is 21.8. The third-order valence-corrected chi connectivity index (χ3v) is 5.21. The number of allylic oxidation sites excluding steroid dienone is 1. The molecule has 0 radical (unpaired) electrons. The van der Waals surface area contributed by atoms with E-state index >= 15 is 0 Å². The maximum atomic E-state index is 4.00.